The van der Waals surface area contributed by atoms with Gasteiger partial charge in [-0.15, -0.1) is 24.9 Å². The molecule has 0 aliphatic heterocycles. The maximum Gasteiger partial charge on any atom is 0.573 e. The van der Waals surface area contributed by atoms with Gasteiger partial charge in [-0.1, -0.05) is 17.7 Å². The molecule has 0 aliphatic carbocycles. The Morgan fingerprint density at radius 2 is 1.67 bits per heavy atom. The first kappa shape index (κ1) is 18.2. The van der Waals surface area contributed by atoms with Gasteiger partial charge < -0.3 is 10.1 Å². The molecule has 0 unspecified atom stereocenters. The number of thioether (sulfide) groups is 1. The van der Waals surface area contributed by atoms with Gasteiger partial charge in [0.25, 0.3) is 0 Å². The standard InChI is InChI=1S/C17H16F3NO2S/c1-11-3-9-15(10-4-11)24-12(2)16(22)21-13-5-7-14(8-6-13)23-17(18,19)20/h3-10,12H,1-2H3,(H,21,22)/t12-/m1/s1. The van der Waals surface area contributed by atoms with Crippen LogP contribution in [0.1, 0.15) is 12.5 Å². The molecule has 0 saturated heterocycles. The van der Waals surface area contributed by atoms with Crippen molar-refractivity contribution in [2.45, 2.75) is 30.4 Å². The topological polar surface area (TPSA) is 38.3 Å². The Balaban J connectivity index is 1.92. The summed E-state index contributed by atoms with van der Waals surface area (Å²) in [6.07, 6.45) is -4.73. The van der Waals surface area contributed by atoms with Crippen LogP contribution >= 0.6 is 11.8 Å². The van der Waals surface area contributed by atoms with E-state index in [-0.39, 0.29) is 16.9 Å². The molecule has 0 aliphatic rings. The van der Waals surface area contributed by atoms with E-state index in [9.17, 15) is 18.0 Å². The van der Waals surface area contributed by atoms with Crippen molar-refractivity contribution < 1.29 is 22.7 Å². The molecule has 24 heavy (non-hydrogen) atoms. The molecule has 1 N–H and O–H groups in total. The van der Waals surface area contributed by atoms with Crippen molar-refractivity contribution >= 4 is 23.4 Å². The van der Waals surface area contributed by atoms with Crippen molar-refractivity contribution in [2.75, 3.05) is 5.32 Å². The number of carbonyl (C=O) groups excluding carboxylic acids is 1. The molecule has 0 heterocycles. The summed E-state index contributed by atoms with van der Waals surface area (Å²) in [5, 5.41) is 2.32. The number of carbonyl (C=O) groups is 1. The summed E-state index contributed by atoms with van der Waals surface area (Å²) in [5.74, 6) is -0.562. The number of halogens is 3. The van der Waals surface area contributed by atoms with Crippen molar-refractivity contribution in [3.05, 3.63) is 54.1 Å². The van der Waals surface area contributed by atoms with Crippen molar-refractivity contribution in [3.63, 3.8) is 0 Å². The van der Waals surface area contributed by atoms with Crippen LogP contribution in [0.5, 0.6) is 5.75 Å². The number of anilines is 1. The second-order valence-electron chi connectivity index (χ2n) is 5.13. The van der Waals surface area contributed by atoms with E-state index in [1.54, 1.807) is 6.92 Å². The summed E-state index contributed by atoms with van der Waals surface area (Å²) in [4.78, 5) is 13.1. The average molecular weight is 355 g/mol. The second kappa shape index (κ2) is 7.61. The van der Waals surface area contributed by atoms with Crippen molar-refractivity contribution in [2.24, 2.45) is 0 Å². The van der Waals surface area contributed by atoms with Crippen LogP contribution in [0, 0.1) is 6.92 Å². The van der Waals surface area contributed by atoms with E-state index in [1.807, 2.05) is 31.2 Å². The highest BCUT2D eigenvalue weighted by Gasteiger charge is 2.31. The van der Waals surface area contributed by atoms with Gasteiger partial charge in [-0.05, 0) is 50.2 Å². The predicted octanol–water partition coefficient (Wildman–Crippen LogP) is 5.01. The van der Waals surface area contributed by atoms with Crippen LogP contribution in [0.15, 0.2) is 53.4 Å². The van der Waals surface area contributed by atoms with Gasteiger partial charge in [0, 0.05) is 10.6 Å². The first-order valence-corrected chi connectivity index (χ1v) is 8.01. The molecular formula is C17H16F3NO2S. The van der Waals surface area contributed by atoms with Crippen LogP contribution in [0.4, 0.5) is 18.9 Å². The monoisotopic (exact) mass is 355 g/mol. The molecular weight excluding hydrogens is 339 g/mol. The molecule has 0 bridgehead atoms. The lowest BCUT2D eigenvalue weighted by Gasteiger charge is -2.13. The molecule has 0 saturated carbocycles. The molecule has 2 rings (SSSR count). The van der Waals surface area contributed by atoms with E-state index in [2.05, 4.69) is 10.1 Å². The Morgan fingerprint density at radius 3 is 2.21 bits per heavy atom. The highest BCUT2D eigenvalue weighted by molar-refractivity contribution is 8.00. The van der Waals surface area contributed by atoms with E-state index >= 15 is 0 Å². The Labute approximate surface area is 142 Å². The highest BCUT2D eigenvalue weighted by Crippen LogP contribution is 2.26. The quantitative estimate of drug-likeness (QED) is 0.766. The smallest absolute Gasteiger partial charge is 0.406 e. The van der Waals surface area contributed by atoms with Gasteiger partial charge in [-0.2, -0.15) is 0 Å². The molecule has 1 atom stereocenters. The minimum atomic E-state index is -4.73. The van der Waals surface area contributed by atoms with E-state index in [4.69, 9.17) is 0 Å². The van der Waals surface area contributed by atoms with Crippen LogP contribution in [0.2, 0.25) is 0 Å². The molecule has 128 valence electrons. The molecule has 3 nitrogen and oxygen atoms in total. The lowest BCUT2D eigenvalue weighted by atomic mass is 10.2. The van der Waals surface area contributed by atoms with Gasteiger partial charge in [0.1, 0.15) is 5.75 Å². The number of nitrogens with one attached hydrogen (secondary N) is 1. The van der Waals surface area contributed by atoms with Crippen LogP contribution in [0.25, 0.3) is 0 Å². The zero-order valence-electron chi connectivity index (χ0n) is 13.1. The molecule has 1 amide bonds. The first-order chi connectivity index (χ1) is 11.2. The molecule has 2 aromatic carbocycles. The van der Waals surface area contributed by atoms with Crippen molar-refractivity contribution in [1.82, 2.24) is 0 Å². The summed E-state index contributed by atoms with van der Waals surface area (Å²) >= 11 is 1.41. The van der Waals surface area contributed by atoms with Crippen molar-refractivity contribution in [1.29, 1.82) is 0 Å². The number of benzene rings is 2. The maximum absolute atomic E-state index is 12.2. The molecule has 2 aromatic rings. The number of aryl methyl sites for hydroxylation is 1. The second-order valence-corrected chi connectivity index (χ2v) is 6.55. The van der Waals surface area contributed by atoms with E-state index in [0.29, 0.717) is 5.69 Å². The minimum Gasteiger partial charge on any atom is -0.406 e. The molecule has 7 heteroatoms. The molecule has 0 aromatic heterocycles. The van der Waals surface area contributed by atoms with Crippen LogP contribution in [-0.4, -0.2) is 17.5 Å². The Kier molecular flexibility index (Phi) is 5.77. The lowest BCUT2D eigenvalue weighted by Crippen LogP contribution is -2.22. The fourth-order valence-corrected chi connectivity index (χ4v) is 2.73. The number of alkyl halides is 3. The number of rotatable bonds is 5. The van der Waals surface area contributed by atoms with Gasteiger partial charge in [0.15, 0.2) is 0 Å². The third-order valence-electron chi connectivity index (χ3n) is 3.06. The molecule has 0 fully saturated rings. The largest absolute Gasteiger partial charge is 0.573 e. The summed E-state index contributed by atoms with van der Waals surface area (Å²) in [6.45, 7) is 3.75. The SMILES string of the molecule is Cc1ccc(S[C@H](C)C(=O)Nc2ccc(OC(F)(F)F)cc2)cc1. The normalized spacial score (nSPS) is 12.5. The van der Waals surface area contributed by atoms with Crippen LogP contribution in [-0.2, 0) is 4.79 Å². The van der Waals surface area contributed by atoms with Gasteiger partial charge in [-0.3, -0.25) is 4.79 Å². The van der Waals surface area contributed by atoms with Gasteiger partial charge in [-0.25, -0.2) is 0 Å². The highest BCUT2D eigenvalue weighted by atomic mass is 32.2. The molecule has 0 radical (unpaired) electrons. The van der Waals surface area contributed by atoms with E-state index < -0.39 is 6.36 Å². The zero-order valence-corrected chi connectivity index (χ0v) is 13.9. The minimum absolute atomic E-state index is 0.231. The van der Waals surface area contributed by atoms with E-state index in [1.165, 1.54) is 23.9 Å². The van der Waals surface area contributed by atoms with E-state index in [0.717, 1.165) is 22.6 Å². The van der Waals surface area contributed by atoms with Crippen LogP contribution in [0.3, 0.4) is 0 Å². The van der Waals surface area contributed by atoms with Gasteiger partial charge >= 0.3 is 6.36 Å². The third-order valence-corrected chi connectivity index (χ3v) is 4.17. The first-order valence-electron chi connectivity index (χ1n) is 7.13. The maximum atomic E-state index is 12.2. The summed E-state index contributed by atoms with van der Waals surface area (Å²) < 4.78 is 40.1. The predicted molar refractivity (Wildman–Crippen MR) is 88.3 cm³/mol. The summed E-state index contributed by atoms with van der Waals surface area (Å²) in [5.41, 5.74) is 1.54. The van der Waals surface area contributed by atoms with Gasteiger partial charge in [0.2, 0.25) is 5.91 Å². The number of hydrogen-bond donors (Lipinski definition) is 1. The third kappa shape index (κ3) is 5.81. The molecule has 0 spiro atoms. The number of hydrogen-bond acceptors (Lipinski definition) is 3. The summed E-state index contributed by atoms with van der Waals surface area (Å²) in [7, 11) is 0. The fourth-order valence-electron chi connectivity index (χ4n) is 1.86. The number of amides is 1. The number of ether oxygens (including phenoxy) is 1. The average Bonchev–Trinajstić information content (AvgIpc) is 2.50. The zero-order chi connectivity index (χ0) is 17.7. The Bertz CT molecular complexity index is 684. The van der Waals surface area contributed by atoms with Crippen molar-refractivity contribution in [3.8, 4) is 5.75 Å². The Hall–Kier alpha value is -2.15. The Morgan fingerprint density at radius 1 is 1.08 bits per heavy atom. The van der Waals surface area contributed by atoms with Crippen LogP contribution < -0.4 is 10.1 Å². The van der Waals surface area contributed by atoms with Gasteiger partial charge in [0.05, 0.1) is 5.25 Å². The fraction of sp³-hybridized carbons (Fsp3) is 0.235. The lowest BCUT2D eigenvalue weighted by molar-refractivity contribution is -0.274. The summed E-state index contributed by atoms with van der Waals surface area (Å²) in [6, 6.07) is 12.8.